The van der Waals surface area contributed by atoms with Crippen molar-refractivity contribution in [2.75, 3.05) is 0 Å². The predicted molar refractivity (Wildman–Crippen MR) is 115 cm³/mol. The largest absolute Gasteiger partial charge is 0.378 e. The average molecular weight is 490 g/mol. The van der Waals surface area contributed by atoms with E-state index in [-0.39, 0.29) is 22.1 Å². The third-order valence-corrected chi connectivity index (χ3v) is 6.64. The maximum absolute atomic E-state index is 12.4. The van der Waals surface area contributed by atoms with Crippen LogP contribution in [0.4, 0.5) is 0 Å². The van der Waals surface area contributed by atoms with Gasteiger partial charge in [0, 0.05) is 6.20 Å². The van der Waals surface area contributed by atoms with Crippen LogP contribution in [-0.4, -0.2) is 30.2 Å². The molecule has 0 saturated heterocycles. The highest BCUT2D eigenvalue weighted by Crippen LogP contribution is 2.31. The van der Waals surface area contributed by atoms with E-state index in [1.807, 2.05) is 0 Å². The second-order valence-electron chi connectivity index (χ2n) is 5.92. The van der Waals surface area contributed by atoms with Crippen molar-refractivity contribution in [3.8, 4) is 5.75 Å². The normalized spacial score (nSPS) is 17.5. The maximum Gasteiger partial charge on any atom is 0.339 e. The van der Waals surface area contributed by atoms with Crippen LogP contribution in [0.2, 0.25) is 0 Å². The summed E-state index contributed by atoms with van der Waals surface area (Å²) in [6, 6.07) is 12.5. The molecule has 0 radical (unpaired) electrons. The highest BCUT2D eigenvalue weighted by Gasteiger charge is 2.31. The number of hydrogen-bond donors (Lipinski definition) is 1. The number of nitrogens with zero attached hydrogens (tertiary/aromatic N) is 2. The molecule has 0 fully saturated rings. The summed E-state index contributed by atoms with van der Waals surface area (Å²) in [5.41, 5.74) is 0.724. The van der Waals surface area contributed by atoms with E-state index in [1.54, 1.807) is 41.9 Å². The lowest BCUT2D eigenvalue weighted by atomic mass is 10.1. The molecule has 4 rings (SSSR count). The van der Waals surface area contributed by atoms with E-state index in [0.29, 0.717) is 15.2 Å². The zero-order valence-electron chi connectivity index (χ0n) is 14.6. The summed E-state index contributed by atoms with van der Waals surface area (Å²) >= 11 is 4.58. The number of amides is 1. The number of aliphatic imine (C=N–C) groups is 1. The van der Waals surface area contributed by atoms with Crippen LogP contribution in [0.15, 0.2) is 80.1 Å². The highest BCUT2D eigenvalue weighted by molar-refractivity contribution is 9.10. The molecule has 0 bridgehead atoms. The zero-order valence-corrected chi connectivity index (χ0v) is 17.8. The summed E-state index contributed by atoms with van der Waals surface area (Å²) in [4.78, 5) is 17.8. The van der Waals surface area contributed by atoms with Crippen molar-refractivity contribution in [2.45, 2.75) is 4.90 Å². The molecule has 1 N–H and O–H groups in total. The lowest BCUT2D eigenvalue weighted by molar-refractivity contribution is -0.114. The van der Waals surface area contributed by atoms with Crippen LogP contribution in [0.3, 0.4) is 0 Å². The van der Waals surface area contributed by atoms with Gasteiger partial charge >= 0.3 is 10.1 Å². The van der Waals surface area contributed by atoms with Crippen molar-refractivity contribution in [2.24, 2.45) is 4.99 Å². The van der Waals surface area contributed by atoms with Gasteiger partial charge in [0.15, 0.2) is 10.9 Å². The third-order valence-electron chi connectivity index (χ3n) is 4.01. The molecule has 2 aromatic rings. The van der Waals surface area contributed by atoms with Crippen molar-refractivity contribution in [1.82, 2.24) is 4.90 Å². The summed E-state index contributed by atoms with van der Waals surface area (Å²) < 4.78 is 30.4. The number of fused-ring (bicyclic) bond motifs is 1. The number of rotatable bonds is 4. The summed E-state index contributed by atoms with van der Waals surface area (Å²) in [7, 11) is -3.97. The molecule has 0 saturated carbocycles. The van der Waals surface area contributed by atoms with E-state index >= 15 is 0 Å². The number of carbonyl (C=O) groups excluding carboxylic acids is 1. The molecule has 0 spiro atoms. The summed E-state index contributed by atoms with van der Waals surface area (Å²) in [5.74, 6) is -0.356. The number of benzene rings is 2. The standard InChI is InChI=1S/C19H12BrN3O4S2/c20-15-11-12(10-14-17(21)23-8-9-28-19(23)22-18(14)24)6-7-16(15)27-29(25,26)13-4-2-1-3-5-13/h1-11,21H/b14-10-,21-17?. The minimum Gasteiger partial charge on any atom is -0.378 e. The quantitative estimate of drug-likeness (QED) is 0.514. The van der Waals surface area contributed by atoms with E-state index < -0.39 is 16.0 Å². The molecule has 2 aliphatic rings. The van der Waals surface area contributed by atoms with E-state index in [2.05, 4.69) is 20.9 Å². The van der Waals surface area contributed by atoms with Crippen LogP contribution in [0.5, 0.6) is 5.75 Å². The van der Waals surface area contributed by atoms with Gasteiger partial charge in [0.1, 0.15) is 10.7 Å². The van der Waals surface area contributed by atoms with Gasteiger partial charge < -0.3 is 4.18 Å². The first-order chi connectivity index (χ1) is 13.8. The van der Waals surface area contributed by atoms with E-state index in [1.165, 1.54) is 40.9 Å². The second kappa shape index (κ2) is 7.62. The third kappa shape index (κ3) is 3.91. The van der Waals surface area contributed by atoms with Crippen molar-refractivity contribution < 1.29 is 17.4 Å². The minimum atomic E-state index is -3.97. The Morgan fingerprint density at radius 2 is 1.93 bits per heavy atom. The number of hydrogen-bond acceptors (Lipinski definition) is 6. The van der Waals surface area contributed by atoms with Gasteiger partial charge in [0.25, 0.3) is 5.91 Å². The lowest BCUT2D eigenvalue weighted by Crippen LogP contribution is -2.35. The highest BCUT2D eigenvalue weighted by atomic mass is 79.9. The Morgan fingerprint density at radius 1 is 1.17 bits per heavy atom. The second-order valence-corrected chi connectivity index (χ2v) is 9.19. The summed E-state index contributed by atoms with van der Waals surface area (Å²) in [5, 5.41) is 10.4. The average Bonchev–Trinajstić information content (AvgIpc) is 3.16. The Kier molecular flexibility index (Phi) is 5.15. The molecule has 2 aromatic carbocycles. The van der Waals surface area contributed by atoms with Gasteiger partial charge in [-0.3, -0.25) is 15.1 Å². The van der Waals surface area contributed by atoms with Crippen LogP contribution >= 0.6 is 27.7 Å². The van der Waals surface area contributed by atoms with E-state index in [4.69, 9.17) is 9.59 Å². The Bertz CT molecular complexity index is 1220. The number of amidine groups is 2. The maximum atomic E-state index is 12.4. The van der Waals surface area contributed by atoms with Gasteiger partial charge in [-0.1, -0.05) is 36.0 Å². The van der Waals surface area contributed by atoms with E-state index in [0.717, 1.165) is 0 Å². The first kappa shape index (κ1) is 19.6. The molecule has 2 heterocycles. The fourth-order valence-electron chi connectivity index (χ4n) is 2.63. The zero-order chi connectivity index (χ0) is 20.6. The molecule has 0 unspecified atom stereocenters. The SMILES string of the molecule is N=C1/C(=C/c2ccc(OS(=O)(=O)c3ccccc3)c(Br)c2)C(=O)N=C2SC=CN12. The molecular weight excluding hydrogens is 478 g/mol. The van der Waals surface area contributed by atoms with Crippen molar-refractivity contribution in [1.29, 1.82) is 5.41 Å². The Hall–Kier alpha value is -2.69. The Morgan fingerprint density at radius 3 is 2.66 bits per heavy atom. The topological polar surface area (TPSA) is 99.9 Å². The van der Waals surface area contributed by atoms with Crippen LogP contribution in [0, 0.1) is 5.41 Å². The smallest absolute Gasteiger partial charge is 0.339 e. The molecule has 0 atom stereocenters. The van der Waals surface area contributed by atoms with Crippen molar-refractivity contribution in [3.05, 3.63) is 75.7 Å². The molecule has 10 heteroatoms. The van der Waals surface area contributed by atoms with Gasteiger partial charge in [0.2, 0.25) is 0 Å². The predicted octanol–water partition coefficient (Wildman–Crippen LogP) is 3.99. The van der Waals surface area contributed by atoms with Crippen LogP contribution in [-0.2, 0) is 14.9 Å². The molecule has 146 valence electrons. The molecule has 0 aromatic heterocycles. The minimum absolute atomic E-state index is 0.0318. The number of halogens is 1. The molecular formula is C19H12BrN3O4S2. The first-order valence-electron chi connectivity index (χ1n) is 8.20. The van der Waals surface area contributed by atoms with Crippen molar-refractivity contribution in [3.63, 3.8) is 0 Å². The fourth-order valence-corrected chi connectivity index (χ4v) is 4.88. The molecule has 2 aliphatic heterocycles. The number of carbonyl (C=O) groups is 1. The molecule has 7 nitrogen and oxygen atoms in total. The number of nitrogens with one attached hydrogen (secondary N) is 1. The molecule has 29 heavy (non-hydrogen) atoms. The van der Waals surface area contributed by atoms with Crippen LogP contribution in [0.25, 0.3) is 6.08 Å². The van der Waals surface area contributed by atoms with Crippen molar-refractivity contribution >= 4 is 60.8 Å². The van der Waals surface area contributed by atoms with Crippen LogP contribution in [0.1, 0.15) is 5.56 Å². The van der Waals surface area contributed by atoms with Gasteiger partial charge in [-0.15, -0.1) is 0 Å². The number of thioether (sulfide) groups is 1. The van der Waals surface area contributed by atoms with E-state index in [9.17, 15) is 13.2 Å². The molecule has 0 aliphatic carbocycles. The Balaban J connectivity index is 1.61. The van der Waals surface area contributed by atoms with Gasteiger partial charge in [-0.05, 0) is 57.2 Å². The lowest BCUT2D eigenvalue weighted by Gasteiger charge is -2.22. The summed E-state index contributed by atoms with van der Waals surface area (Å²) in [6.07, 6.45) is 3.20. The van der Waals surface area contributed by atoms with Gasteiger partial charge in [0.05, 0.1) is 10.0 Å². The Labute approximate surface area is 179 Å². The monoisotopic (exact) mass is 489 g/mol. The molecule has 1 amide bonds. The summed E-state index contributed by atoms with van der Waals surface area (Å²) in [6.45, 7) is 0. The first-order valence-corrected chi connectivity index (χ1v) is 11.3. The van der Waals surface area contributed by atoms with Gasteiger partial charge in [-0.2, -0.15) is 13.4 Å². The fraction of sp³-hybridized carbons (Fsp3) is 0. The van der Waals surface area contributed by atoms with Gasteiger partial charge in [-0.25, -0.2) is 0 Å². The van der Waals surface area contributed by atoms with Crippen LogP contribution < -0.4 is 4.18 Å².